The maximum Gasteiger partial charge on any atom is 2.00 e. The molecule has 0 spiro atoms. The van der Waals surface area contributed by atoms with Crippen LogP contribution in [0.1, 0.15) is 19.3 Å². The van der Waals surface area contributed by atoms with E-state index < -0.39 is 0 Å². The van der Waals surface area contributed by atoms with Crippen LogP contribution >= 0.6 is 0 Å². The predicted molar refractivity (Wildman–Crippen MR) is 81.8 cm³/mol. The van der Waals surface area contributed by atoms with Crippen LogP contribution in [0.5, 0.6) is 0 Å². The van der Waals surface area contributed by atoms with Crippen LogP contribution in [0, 0.1) is 75.5 Å². The summed E-state index contributed by atoms with van der Waals surface area (Å²) in [6.45, 7) is 0. The van der Waals surface area contributed by atoms with Gasteiger partial charge in [0.2, 0.25) is 0 Å². The molecule has 22 heavy (non-hydrogen) atoms. The van der Waals surface area contributed by atoms with Crippen molar-refractivity contribution >= 4 is 5.97 Å². The molecule has 0 aromatic carbocycles. The van der Waals surface area contributed by atoms with E-state index in [1.165, 1.54) is 6.42 Å². The van der Waals surface area contributed by atoms with Crippen molar-refractivity contribution in [1.82, 2.24) is 0 Å². The smallest absolute Gasteiger partial charge is 0.462 e. The van der Waals surface area contributed by atoms with Crippen molar-refractivity contribution in [1.29, 1.82) is 0 Å². The molecule has 3 saturated carbocycles. The summed E-state index contributed by atoms with van der Waals surface area (Å²) < 4.78 is 5.53. The molecule has 0 saturated heterocycles. The van der Waals surface area contributed by atoms with Gasteiger partial charge in [-0.25, -0.2) is 0 Å². The Morgan fingerprint density at radius 1 is 0.955 bits per heavy atom. The van der Waals surface area contributed by atoms with Gasteiger partial charge >= 0.3 is 23.0 Å². The fourth-order valence-electron chi connectivity index (χ4n) is 3.10. The average Bonchev–Trinajstić information content (AvgIpc) is 3.26. The van der Waals surface area contributed by atoms with Crippen molar-refractivity contribution in [3.05, 3.63) is 75.9 Å². The summed E-state index contributed by atoms with van der Waals surface area (Å²) in [6, 6.07) is 0. The summed E-state index contributed by atoms with van der Waals surface area (Å²) in [6.07, 6.45) is 25.0. The molecule has 0 amide bonds. The molecule has 114 valence electrons. The van der Waals surface area contributed by atoms with E-state index in [0.29, 0.717) is 18.3 Å². The van der Waals surface area contributed by atoms with Gasteiger partial charge < -0.3 is 4.74 Å². The van der Waals surface area contributed by atoms with E-state index >= 15 is 0 Å². The summed E-state index contributed by atoms with van der Waals surface area (Å²) in [4.78, 5) is 11.7. The van der Waals surface area contributed by atoms with Crippen molar-refractivity contribution < 1.29 is 26.6 Å². The number of carbonyl (C=O) groups is 1. The van der Waals surface area contributed by atoms with E-state index in [9.17, 15) is 4.79 Å². The second kappa shape index (κ2) is 9.13. The second-order valence-corrected chi connectivity index (χ2v) is 5.74. The van der Waals surface area contributed by atoms with Crippen molar-refractivity contribution in [2.75, 3.05) is 0 Å². The molecule has 0 N–H and O–H groups in total. The van der Waals surface area contributed by atoms with E-state index in [2.05, 4.69) is 12.2 Å². The first-order valence-corrected chi connectivity index (χ1v) is 7.56. The number of hydrogen-bond acceptors (Lipinski definition) is 2. The predicted octanol–water partition coefficient (Wildman–Crippen LogP) is 3.31. The van der Waals surface area contributed by atoms with Crippen molar-refractivity contribution in [2.45, 2.75) is 25.4 Å². The van der Waals surface area contributed by atoms with Crippen LogP contribution in [0.4, 0.5) is 0 Å². The zero-order chi connectivity index (χ0) is 14.5. The van der Waals surface area contributed by atoms with Gasteiger partial charge in [0.15, 0.2) is 0 Å². The summed E-state index contributed by atoms with van der Waals surface area (Å²) in [5.41, 5.74) is 0. The van der Waals surface area contributed by atoms with E-state index in [1.54, 1.807) is 0 Å². The Hall–Kier alpha value is -0.271. The van der Waals surface area contributed by atoms with Gasteiger partial charge in [0.1, 0.15) is 6.10 Å². The Bertz CT molecular complexity index is 362. The molecular formula is C19H20FeO2+2. The van der Waals surface area contributed by atoms with Crippen LogP contribution in [0.3, 0.4) is 0 Å². The quantitative estimate of drug-likeness (QED) is 0.449. The number of ether oxygens (including phenoxy) is 1. The van der Waals surface area contributed by atoms with E-state index in [1.807, 2.05) is 57.8 Å². The van der Waals surface area contributed by atoms with Gasteiger partial charge in [-0.05, 0) is 82.5 Å². The standard InChI is InChI=1S/C14H15O2.C5H5.Fe/c15-14(9-10-3-1-2-4-10)16-13-8-11-5-6-12(13)7-11;1-2-4-5-3-1;/h1-6,11-13H,7-9H2;1-5H;/q;;+2. The molecular weight excluding hydrogens is 316 g/mol. The number of allylic oxidation sites excluding steroid dienone is 1. The van der Waals surface area contributed by atoms with Gasteiger partial charge in [-0.3, -0.25) is 4.79 Å². The van der Waals surface area contributed by atoms with Crippen LogP contribution in [-0.2, 0) is 26.6 Å². The third-order valence-corrected chi connectivity index (χ3v) is 4.14. The van der Waals surface area contributed by atoms with Crippen LogP contribution < -0.4 is 0 Å². The zero-order valence-electron chi connectivity index (χ0n) is 12.4. The average molecular weight is 336 g/mol. The van der Waals surface area contributed by atoms with Gasteiger partial charge in [-0.1, -0.05) is 12.2 Å². The fourth-order valence-corrected chi connectivity index (χ4v) is 3.10. The molecule has 4 rings (SSSR count). The maximum atomic E-state index is 11.7. The number of esters is 1. The molecule has 3 fully saturated rings. The topological polar surface area (TPSA) is 26.3 Å². The Kier molecular flexibility index (Phi) is 7.50. The van der Waals surface area contributed by atoms with Crippen molar-refractivity contribution in [3.63, 3.8) is 0 Å². The molecule has 0 aromatic heterocycles. The maximum absolute atomic E-state index is 11.7. The van der Waals surface area contributed by atoms with E-state index in [-0.39, 0.29) is 29.1 Å². The van der Waals surface area contributed by atoms with Gasteiger partial charge in [0.05, 0.1) is 6.42 Å². The molecule has 3 atom stereocenters. The first-order valence-electron chi connectivity index (χ1n) is 7.56. The number of carbonyl (C=O) groups excluding carboxylic acids is 1. The second-order valence-electron chi connectivity index (χ2n) is 5.74. The fraction of sp³-hybridized carbons (Fsp3) is 0.316. The Labute approximate surface area is 145 Å². The normalized spacial score (nSPS) is 32.5. The third-order valence-electron chi connectivity index (χ3n) is 4.14. The van der Waals surface area contributed by atoms with Gasteiger partial charge in [-0.2, -0.15) is 0 Å². The monoisotopic (exact) mass is 336 g/mol. The SMILES string of the molecule is O=C(C[C]1[CH][CH][CH][CH]1)OC1CC2C=CC1C2.[CH]1[CH][CH][CH][CH]1.[Fe+2]. The van der Waals surface area contributed by atoms with E-state index in [4.69, 9.17) is 4.74 Å². The molecule has 4 aliphatic carbocycles. The summed E-state index contributed by atoms with van der Waals surface area (Å²) in [7, 11) is 0. The molecule has 3 heteroatoms. The van der Waals surface area contributed by atoms with Crippen molar-refractivity contribution in [3.8, 4) is 0 Å². The summed E-state index contributed by atoms with van der Waals surface area (Å²) >= 11 is 0. The first kappa shape index (κ1) is 18.1. The van der Waals surface area contributed by atoms with Crippen LogP contribution in [-0.4, -0.2) is 12.1 Å². The number of fused-ring (bicyclic) bond motifs is 2. The molecule has 10 radical (unpaired) electrons. The van der Waals surface area contributed by atoms with Crippen LogP contribution in [0.15, 0.2) is 12.2 Å². The minimum absolute atomic E-state index is 0. The van der Waals surface area contributed by atoms with Crippen LogP contribution in [0.25, 0.3) is 0 Å². The minimum atomic E-state index is -0.0860. The molecule has 3 unspecified atom stereocenters. The van der Waals surface area contributed by atoms with Gasteiger partial charge in [0.25, 0.3) is 0 Å². The molecule has 4 aliphatic rings. The van der Waals surface area contributed by atoms with Gasteiger partial charge in [-0.15, -0.1) is 0 Å². The molecule has 2 nitrogen and oxygen atoms in total. The van der Waals surface area contributed by atoms with Crippen LogP contribution in [0.2, 0.25) is 0 Å². The summed E-state index contributed by atoms with van der Waals surface area (Å²) in [5.74, 6) is 2.09. The number of rotatable bonds is 3. The zero-order valence-corrected chi connectivity index (χ0v) is 13.5. The molecule has 0 aromatic rings. The van der Waals surface area contributed by atoms with Gasteiger partial charge in [0, 0.05) is 5.92 Å². The number of hydrogen-bond donors (Lipinski definition) is 0. The largest absolute Gasteiger partial charge is 2.00 e. The Morgan fingerprint density at radius 2 is 1.59 bits per heavy atom. The minimum Gasteiger partial charge on any atom is -0.462 e. The van der Waals surface area contributed by atoms with E-state index in [0.717, 1.165) is 12.3 Å². The third kappa shape index (κ3) is 5.13. The Morgan fingerprint density at radius 3 is 2.09 bits per heavy atom. The Balaban J connectivity index is 0.000000253. The molecule has 0 aliphatic heterocycles. The molecule has 0 heterocycles. The van der Waals surface area contributed by atoms with Crippen molar-refractivity contribution in [2.24, 2.45) is 11.8 Å². The summed E-state index contributed by atoms with van der Waals surface area (Å²) in [5, 5.41) is 0. The molecule has 2 bridgehead atoms. The first-order chi connectivity index (χ1) is 10.3.